The van der Waals surface area contributed by atoms with Gasteiger partial charge in [-0.2, -0.15) is 4.31 Å². The van der Waals surface area contributed by atoms with Crippen LogP contribution in [0.5, 0.6) is 0 Å². The number of nitrogens with zero attached hydrogens (tertiary/aromatic N) is 4. The van der Waals surface area contributed by atoms with Gasteiger partial charge in [0.15, 0.2) is 5.13 Å². The molecule has 3 heterocycles. The van der Waals surface area contributed by atoms with Crippen molar-refractivity contribution in [3.8, 4) is 0 Å². The molecule has 1 amide bonds. The molecule has 0 spiro atoms. The minimum absolute atomic E-state index is 0.110. The Balaban J connectivity index is 1.45. The Hall–Kier alpha value is -3.14. The number of rotatable bonds is 7. The van der Waals surface area contributed by atoms with Crippen molar-refractivity contribution in [2.45, 2.75) is 37.6 Å². The van der Waals surface area contributed by atoms with Crippen LogP contribution in [0.15, 0.2) is 78.0 Å². The second kappa shape index (κ2) is 10.5. The third-order valence-corrected chi connectivity index (χ3v) is 9.45. The molecule has 4 aromatic rings. The Morgan fingerprint density at radius 3 is 2.69 bits per heavy atom. The summed E-state index contributed by atoms with van der Waals surface area (Å²) in [6.07, 6.45) is 5.63. The minimum atomic E-state index is -3.67. The van der Waals surface area contributed by atoms with Crippen LogP contribution >= 0.6 is 11.3 Å². The number of aromatic nitrogens is 2. The van der Waals surface area contributed by atoms with Crippen LogP contribution in [0.1, 0.15) is 30.9 Å². The van der Waals surface area contributed by atoms with Gasteiger partial charge in [0.05, 0.1) is 27.6 Å². The van der Waals surface area contributed by atoms with E-state index in [0.29, 0.717) is 31.1 Å². The average Bonchev–Trinajstić information content (AvgIpc) is 3.35. The first-order chi connectivity index (χ1) is 17.5. The number of carbonyl (C=O) groups excluding carboxylic acids is 1. The maximum Gasteiger partial charge on any atom is 0.243 e. The van der Waals surface area contributed by atoms with Crippen LogP contribution in [0, 0.1) is 5.92 Å². The molecule has 1 saturated heterocycles. The number of pyridine rings is 1. The van der Waals surface area contributed by atoms with Gasteiger partial charge in [0.25, 0.3) is 0 Å². The number of aryl methyl sites for hydroxylation is 1. The Morgan fingerprint density at radius 1 is 1.11 bits per heavy atom. The van der Waals surface area contributed by atoms with E-state index in [1.165, 1.54) is 21.2 Å². The molecule has 1 aliphatic rings. The van der Waals surface area contributed by atoms with Gasteiger partial charge < -0.3 is 0 Å². The van der Waals surface area contributed by atoms with Crippen molar-refractivity contribution in [3.05, 3.63) is 84.2 Å². The summed E-state index contributed by atoms with van der Waals surface area (Å²) in [5.74, 6) is -0.561. The predicted molar refractivity (Wildman–Crippen MR) is 142 cm³/mol. The van der Waals surface area contributed by atoms with Gasteiger partial charge in [-0.15, -0.1) is 0 Å². The van der Waals surface area contributed by atoms with Gasteiger partial charge in [0, 0.05) is 25.5 Å². The number of sulfonamides is 1. The molecule has 0 bridgehead atoms. The van der Waals surface area contributed by atoms with Crippen molar-refractivity contribution < 1.29 is 13.2 Å². The zero-order valence-corrected chi connectivity index (χ0v) is 21.7. The largest absolute Gasteiger partial charge is 0.283 e. The molecule has 1 unspecified atom stereocenters. The first-order valence-electron chi connectivity index (χ1n) is 12.1. The summed E-state index contributed by atoms with van der Waals surface area (Å²) in [6.45, 7) is 3.00. The van der Waals surface area contributed by atoms with E-state index in [0.717, 1.165) is 22.2 Å². The Labute approximate surface area is 215 Å². The van der Waals surface area contributed by atoms with Gasteiger partial charge in [-0.1, -0.05) is 48.6 Å². The third kappa shape index (κ3) is 5.04. The van der Waals surface area contributed by atoms with Crippen molar-refractivity contribution in [1.29, 1.82) is 0 Å². The molecule has 9 heteroatoms. The molecule has 186 valence electrons. The lowest BCUT2D eigenvalue weighted by Crippen LogP contribution is -2.46. The van der Waals surface area contributed by atoms with Crippen LogP contribution in [-0.2, 0) is 27.8 Å². The highest BCUT2D eigenvalue weighted by Gasteiger charge is 2.36. The molecule has 1 atom stereocenters. The zero-order valence-electron chi connectivity index (χ0n) is 20.1. The first kappa shape index (κ1) is 24.5. The van der Waals surface area contributed by atoms with Crippen LogP contribution in [-0.4, -0.2) is 41.7 Å². The fourth-order valence-electron chi connectivity index (χ4n) is 4.53. The Morgan fingerprint density at radius 2 is 1.94 bits per heavy atom. The van der Waals surface area contributed by atoms with Crippen LogP contribution in [0.4, 0.5) is 5.13 Å². The summed E-state index contributed by atoms with van der Waals surface area (Å²) in [5.41, 5.74) is 2.97. The second-order valence-electron chi connectivity index (χ2n) is 8.95. The molecular weight excluding hydrogens is 492 g/mol. The minimum Gasteiger partial charge on any atom is -0.283 e. The highest BCUT2D eigenvalue weighted by Crippen LogP contribution is 2.33. The van der Waals surface area contributed by atoms with Crippen molar-refractivity contribution >= 4 is 42.6 Å². The van der Waals surface area contributed by atoms with E-state index in [1.807, 2.05) is 18.2 Å². The Bertz CT molecular complexity index is 1460. The highest BCUT2D eigenvalue weighted by molar-refractivity contribution is 7.89. The topological polar surface area (TPSA) is 83.5 Å². The lowest BCUT2D eigenvalue weighted by atomic mass is 9.98. The van der Waals surface area contributed by atoms with Crippen LogP contribution in [0.3, 0.4) is 0 Å². The predicted octanol–water partition coefficient (Wildman–Crippen LogP) is 4.89. The van der Waals surface area contributed by atoms with E-state index >= 15 is 0 Å². The maximum atomic E-state index is 14.0. The number of piperidine rings is 1. The molecule has 1 aliphatic heterocycles. The average molecular weight is 521 g/mol. The summed E-state index contributed by atoms with van der Waals surface area (Å²) in [7, 11) is -3.67. The van der Waals surface area contributed by atoms with Gasteiger partial charge in [-0.25, -0.2) is 13.4 Å². The molecular formula is C27H28N4O3S2. The van der Waals surface area contributed by atoms with E-state index < -0.39 is 15.9 Å². The van der Waals surface area contributed by atoms with Crippen LogP contribution in [0.25, 0.3) is 10.2 Å². The van der Waals surface area contributed by atoms with Crippen molar-refractivity contribution in [1.82, 2.24) is 14.3 Å². The number of hydrogen-bond acceptors (Lipinski definition) is 6. The number of benzene rings is 2. The number of amides is 1. The number of carbonyl (C=O) groups is 1. The fraction of sp³-hybridized carbons (Fsp3) is 0.296. The third-order valence-electron chi connectivity index (χ3n) is 6.52. The molecule has 2 aromatic carbocycles. The molecule has 36 heavy (non-hydrogen) atoms. The van der Waals surface area contributed by atoms with Crippen LogP contribution in [0.2, 0.25) is 0 Å². The standard InChI is InChI=1S/C27H28N4O3S2/c1-2-20-12-13-24-25(16-20)35-27(29-24)31(18-21-8-6-14-28-17-21)26(32)22-9-7-15-30(19-22)36(33,34)23-10-4-3-5-11-23/h3-6,8,10-14,16-17,22H,2,7,9,15,18-19H2,1H3. The summed E-state index contributed by atoms with van der Waals surface area (Å²) in [6, 6.07) is 18.4. The van der Waals surface area contributed by atoms with E-state index in [1.54, 1.807) is 47.6 Å². The van der Waals surface area contributed by atoms with E-state index in [2.05, 4.69) is 24.0 Å². The van der Waals surface area contributed by atoms with Gasteiger partial charge >= 0.3 is 0 Å². The quantitative estimate of drug-likeness (QED) is 0.347. The molecule has 0 radical (unpaired) electrons. The smallest absolute Gasteiger partial charge is 0.243 e. The number of fused-ring (bicyclic) bond motifs is 1. The van der Waals surface area contributed by atoms with Gasteiger partial charge in [-0.05, 0) is 60.7 Å². The first-order valence-corrected chi connectivity index (χ1v) is 14.4. The van der Waals surface area contributed by atoms with E-state index in [-0.39, 0.29) is 17.3 Å². The van der Waals surface area contributed by atoms with Crippen molar-refractivity contribution in [2.24, 2.45) is 5.92 Å². The number of hydrogen-bond donors (Lipinski definition) is 0. The lowest BCUT2D eigenvalue weighted by Gasteiger charge is -2.33. The van der Waals surface area contributed by atoms with Crippen molar-refractivity contribution in [2.75, 3.05) is 18.0 Å². The molecule has 5 rings (SSSR count). The van der Waals surface area contributed by atoms with E-state index in [4.69, 9.17) is 4.98 Å². The summed E-state index contributed by atoms with van der Waals surface area (Å²) in [5, 5.41) is 0.621. The second-order valence-corrected chi connectivity index (χ2v) is 11.9. The summed E-state index contributed by atoms with van der Waals surface area (Å²) < 4.78 is 29.0. The molecule has 2 aromatic heterocycles. The molecule has 0 saturated carbocycles. The monoisotopic (exact) mass is 520 g/mol. The van der Waals surface area contributed by atoms with E-state index in [9.17, 15) is 13.2 Å². The maximum absolute atomic E-state index is 14.0. The van der Waals surface area contributed by atoms with Crippen molar-refractivity contribution in [3.63, 3.8) is 0 Å². The van der Waals surface area contributed by atoms with Gasteiger partial charge in [0.1, 0.15) is 0 Å². The fourth-order valence-corrected chi connectivity index (χ4v) is 7.11. The number of thiazole rings is 1. The molecule has 0 aliphatic carbocycles. The Kier molecular flexibility index (Phi) is 7.13. The van der Waals surface area contributed by atoms with Crippen LogP contribution < -0.4 is 4.90 Å². The summed E-state index contributed by atoms with van der Waals surface area (Å²) >= 11 is 1.49. The van der Waals surface area contributed by atoms with Gasteiger partial charge in [-0.3, -0.25) is 14.7 Å². The zero-order chi connectivity index (χ0) is 25.1. The molecule has 0 N–H and O–H groups in total. The lowest BCUT2D eigenvalue weighted by molar-refractivity contribution is -0.123. The summed E-state index contributed by atoms with van der Waals surface area (Å²) in [4.78, 5) is 24.9. The normalized spacial score (nSPS) is 16.8. The molecule has 1 fully saturated rings. The van der Waals surface area contributed by atoms with Gasteiger partial charge in [0.2, 0.25) is 15.9 Å². The highest BCUT2D eigenvalue weighted by atomic mass is 32.2. The number of anilines is 1. The molecule has 7 nitrogen and oxygen atoms in total. The SMILES string of the molecule is CCc1ccc2nc(N(Cc3cccnc3)C(=O)C3CCCN(S(=O)(=O)c4ccccc4)C3)sc2c1.